The maximum absolute atomic E-state index is 12.2. The van der Waals surface area contributed by atoms with E-state index in [4.69, 9.17) is 4.74 Å². The molecule has 25 heavy (non-hydrogen) atoms. The molecule has 0 atom stereocenters. The predicted octanol–water partition coefficient (Wildman–Crippen LogP) is 1.46. The van der Waals surface area contributed by atoms with Gasteiger partial charge in [0.2, 0.25) is 15.9 Å². The highest BCUT2D eigenvalue weighted by molar-refractivity contribution is 7.89. The van der Waals surface area contributed by atoms with Crippen LogP contribution < -0.4 is 14.8 Å². The highest BCUT2D eigenvalue weighted by Gasteiger charge is 2.15. The van der Waals surface area contributed by atoms with E-state index in [0.717, 1.165) is 0 Å². The van der Waals surface area contributed by atoms with Crippen LogP contribution in [0.25, 0.3) is 0 Å². The summed E-state index contributed by atoms with van der Waals surface area (Å²) in [6.07, 6.45) is 1.63. The molecule has 1 amide bonds. The smallest absolute Gasteiger partial charge is 0.241 e. The zero-order valence-corrected chi connectivity index (χ0v) is 14.9. The molecule has 0 bridgehead atoms. The Morgan fingerprint density at radius 1 is 1.16 bits per heavy atom. The molecule has 0 radical (unpaired) electrons. The van der Waals surface area contributed by atoms with Gasteiger partial charge in [-0.2, -0.15) is 0 Å². The molecule has 2 N–H and O–H groups in total. The minimum atomic E-state index is -3.77. The first-order valence-electron chi connectivity index (χ1n) is 7.80. The summed E-state index contributed by atoms with van der Waals surface area (Å²) < 4.78 is 32.1. The number of nitrogens with one attached hydrogen (secondary N) is 2. The fourth-order valence-electron chi connectivity index (χ4n) is 1.97. The topological polar surface area (TPSA) is 97.4 Å². The molecule has 0 saturated carbocycles. The number of hydrogen-bond donors (Lipinski definition) is 2. The van der Waals surface area contributed by atoms with Crippen LogP contribution in [0.1, 0.15) is 19.5 Å². The molecule has 8 heteroatoms. The molecule has 134 valence electrons. The molecule has 1 aromatic heterocycles. The van der Waals surface area contributed by atoms with Crippen LogP contribution in [0, 0.1) is 0 Å². The molecular formula is C17H21N3O4S. The average Bonchev–Trinajstić information content (AvgIpc) is 2.59. The SMILES string of the molecule is CC(C)Oc1ccc(S(=O)(=O)NCC(=O)NCc2ccccn2)cc1. The van der Waals surface area contributed by atoms with Gasteiger partial charge in [-0.05, 0) is 50.2 Å². The Hall–Kier alpha value is -2.45. The van der Waals surface area contributed by atoms with E-state index < -0.39 is 15.9 Å². The van der Waals surface area contributed by atoms with E-state index in [1.54, 1.807) is 30.5 Å². The van der Waals surface area contributed by atoms with Crippen LogP contribution in [-0.2, 0) is 21.4 Å². The summed E-state index contributed by atoms with van der Waals surface area (Å²) in [7, 11) is -3.77. The number of sulfonamides is 1. The third-order valence-electron chi connectivity index (χ3n) is 3.12. The fourth-order valence-corrected chi connectivity index (χ4v) is 2.95. The summed E-state index contributed by atoms with van der Waals surface area (Å²) in [6.45, 7) is 3.66. The molecule has 2 rings (SSSR count). The van der Waals surface area contributed by atoms with Crippen molar-refractivity contribution in [2.24, 2.45) is 0 Å². The first kappa shape index (κ1) is 18.9. The van der Waals surface area contributed by atoms with Crippen molar-refractivity contribution in [2.45, 2.75) is 31.4 Å². The molecule has 0 aliphatic carbocycles. The van der Waals surface area contributed by atoms with Crippen molar-refractivity contribution in [1.29, 1.82) is 0 Å². The Bertz CT molecular complexity index is 790. The minimum absolute atomic E-state index is 0.00313. The van der Waals surface area contributed by atoms with E-state index in [1.807, 2.05) is 19.9 Å². The summed E-state index contributed by atoms with van der Waals surface area (Å²) in [5.74, 6) is 0.149. The van der Waals surface area contributed by atoms with Crippen LogP contribution in [0.4, 0.5) is 0 Å². The fraction of sp³-hybridized carbons (Fsp3) is 0.294. The molecule has 0 fully saturated rings. The summed E-state index contributed by atoms with van der Waals surface area (Å²) in [6, 6.07) is 11.4. The number of nitrogens with zero attached hydrogens (tertiary/aromatic N) is 1. The molecule has 1 aromatic carbocycles. The van der Waals surface area contributed by atoms with E-state index in [9.17, 15) is 13.2 Å². The van der Waals surface area contributed by atoms with Crippen molar-refractivity contribution in [1.82, 2.24) is 15.0 Å². The van der Waals surface area contributed by atoms with Crippen molar-refractivity contribution in [3.63, 3.8) is 0 Å². The lowest BCUT2D eigenvalue weighted by molar-refractivity contribution is -0.120. The van der Waals surface area contributed by atoms with Crippen molar-refractivity contribution in [3.05, 3.63) is 54.4 Å². The highest BCUT2D eigenvalue weighted by Crippen LogP contribution is 2.16. The Balaban J connectivity index is 1.87. The second-order valence-electron chi connectivity index (χ2n) is 5.56. The summed E-state index contributed by atoms with van der Waals surface area (Å²) in [4.78, 5) is 15.9. The lowest BCUT2D eigenvalue weighted by Gasteiger charge is -2.11. The molecular weight excluding hydrogens is 342 g/mol. The van der Waals surface area contributed by atoms with Gasteiger partial charge in [0.1, 0.15) is 5.75 Å². The van der Waals surface area contributed by atoms with Crippen LogP contribution in [0.5, 0.6) is 5.75 Å². The summed E-state index contributed by atoms with van der Waals surface area (Å²) >= 11 is 0. The molecule has 0 saturated heterocycles. The number of rotatable bonds is 8. The van der Waals surface area contributed by atoms with Gasteiger partial charge in [-0.3, -0.25) is 9.78 Å². The number of carbonyl (C=O) groups is 1. The largest absolute Gasteiger partial charge is 0.491 e. The van der Waals surface area contributed by atoms with Gasteiger partial charge in [-0.15, -0.1) is 0 Å². The van der Waals surface area contributed by atoms with Gasteiger partial charge < -0.3 is 10.1 Å². The van der Waals surface area contributed by atoms with Gasteiger partial charge >= 0.3 is 0 Å². The number of pyridine rings is 1. The quantitative estimate of drug-likeness (QED) is 0.740. The molecule has 2 aromatic rings. The van der Waals surface area contributed by atoms with Gasteiger partial charge in [0.05, 0.1) is 29.8 Å². The average molecular weight is 363 g/mol. The van der Waals surface area contributed by atoms with Crippen LogP contribution in [-0.4, -0.2) is 32.0 Å². The zero-order valence-electron chi connectivity index (χ0n) is 14.1. The maximum Gasteiger partial charge on any atom is 0.241 e. The molecule has 1 heterocycles. The maximum atomic E-state index is 12.2. The standard InChI is InChI=1S/C17H21N3O4S/c1-13(2)24-15-6-8-16(9-7-15)25(22,23)20-12-17(21)19-11-14-5-3-4-10-18-14/h3-10,13,20H,11-12H2,1-2H3,(H,19,21). The number of carbonyl (C=O) groups excluding carboxylic acids is 1. The normalized spacial score (nSPS) is 11.3. The minimum Gasteiger partial charge on any atom is -0.491 e. The Kier molecular flexibility index (Phi) is 6.49. The Morgan fingerprint density at radius 2 is 1.88 bits per heavy atom. The Morgan fingerprint density at radius 3 is 2.48 bits per heavy atom. The number of ether oxygens (including phenoxy) is 1. The van der Waals surface area contributed by atoms with Crippen molar-refractivity contribution < 1.29 is 17.9 Å². The molecule has 7 nitrogen and oxygen atoms in total. The van der Waals surface area contributed by atoms with Crippen LogP contribution >= 0.6 is 0 Å². The number of hydrogen-bond acceptors (Lipinski definition) is 5. The molecule has 0 aliphatic rings. The number of amides is 1. The third-order valence-corrected chi connectivity index (χ3v) is 4.54. The van der Waals surface area contributed by atoms with Crippen LogP contribution in [0.15, 0.2) is 53.6 Å². The van der Waals surface area contributed by atoms with E-state index in [1.165, 1.54) is 12.1 Å². The summed E-state index contributed by atoms with van der Waals surface area (Å²) in [5, 5.41) is 2.61. The van der Waals surface area contributed by atoms with Gasteiger partial charge in [0, 0.05) is 6.20 Å². The van der Waals surface area contributed by atoms with Crippen molar-refractivity contribution in [2.75, 3.05) is 6.54 Å². The van der Waals surface area contributed by atoms with Crippen molar-refractivity contribution >= 4 is 15.9 Å². The van der Waals surface area contributed by atoms with E-state index in [0.29, 0.717) is 11.4 Å². The zero-order chi connectivity index (χ0) is 18.3. The highest BCUT2D eigenvalue weighted by atomic mass is 32.2. The van der Waals surface area contributed by atoms with E-state index in [-0.39, 0.29) is 24.1 Å². The number of benzene rings is 1. The molecule has 0 aliphatic heterocycles. The van der Waals surface area contributed by atoms with Gasteiger partial charge in [0.15, 0.2) is 0 Å². The second kappa shape index (κ2) is 8.59. The lowest BCUT2D eigenvalue weighted by atomic mass is 10.3. The van der Waals surface area contributed by atoms with Gasteiger partial charge in [-0.25, -0.2) is 13.1 Å². The van der Waals surface area contributed by atoms with Gasteiger partial charge in [-0.1, -0.05) is 6.07 Å². The van der Waals surface area contributed by atoms with Gasteiger partial charge in [0.25, 0.3) is 0 Å². The van der Waals surface area contributed by atoms with E-state index >= 15 is 0 Å². The monoisotopic (exact) mass is 363 g/mol. The summed E-state index contributed by atoms with van der Waals surface area (Å²) in [5.41, 5.74) is 0.694. The predicted molar refractivity (Wildman–Crippen MR) is 93.5 cm³/mol. The van der Waals surface area contributed by atoms with Crippen LogP contribution in [0.2, 0.25) is 0 Å². The van der Waals surface area contributed by atoms with Crippen molar-refractivity contribution in [3.8, 4) is 5.75 Å². The first-order valence-corrected chi connectivity index (χ1v) is 9.28. The first-order chi connectivity index (χ1) is 11.9. The third kappa shape index (κ3) is 6.17. The van der Waals surface area contributed by atoms with E-state index in [2.05, 4.69) is 15.0 Å². The Labute approximate surface area is 147 Å². The lowest BCUT2D eigenvalue weighted by Crippen LogP contribution is -2.36. The van der Waals surface area contributed by atoms with Crippen LogP contribution in [0.3, 0.4) is 0 Å². The second-order valence-corrected chi connectivity index (χ2v) is 7.33. The molecule has 0 unspecified atom stereocenters. The number of aromatic nitrogens is 1. The molecule has 0 spiro atoms.